The van der Waals surface area contributed by atoms with Gasteiger partial charge in [0.15, 0.2) is 0 Å². The van der Waals surface area contributed by atoms with E-state index in [0.29, 0.717) is 12.1 Å². The van der Waals surface area contributed by atoms with E-state index in [1.54, 1.807) is 6.07 Å². The van der Waals surface area contributed by atoms with Gasteiger partial charge >= 0.3 is 0 Å². The molecule has 1 N–H and O–H groups in total. The Morgan fingerprint density at radius 1 is 0.969 bits per heavy atom. The Bertz CT molecular complexity index is 1220. The number of carbonyl (C=O) groups excluding carboxylic acids is 1. The maximum atomic E-state index is 13.4. The van der Waals surface area contributed by atoms with Gasteiger partial charge in [-0.15, -0.1) is 0 Å². The van der Waals surface area contributed by atoms with Gasteiger partial charge in [0, 0.05) is 17.3 Å². The average Bonchev–Trinajstić information content (AvgIpc) is 2.75. The van der Waals surface area contributed by atoms with Gasteiger partial charge in [0.2, 0.25) is 15.9 Å². The Hall–Kier alpha value is -2.38. The topological polar surface area (TPSA) is 66.5 Å². The quantitative estimate of drug-likeness (QED) is 0.454. The Morgan fingerprint density at radius 3 is 2.38 bits per heavy atom. The monoisotopic (exact) mass is 490 g/mol. The summed E-state index contributed by atoms with van der Waals surface area (Å²) in [5.41, 5.74) is 3.57. The summed E-state index contributed by atoms with van der Waals surface area (Å²) in [6, 6.07) is 19.4. The molecule has 0 aliphatic carbocycles. The third-order valence-corrected chi connectivity index (χ3v) is 7.54. The Morgan fingerprint density at radius 2 is 1.69 bits per heavy atom. The maximum Gasteiger partial charge on any atom is 0.245 e. The lowest BCUT2D eigenvalue weighted by Crippen LogP contribution is -2.39. The molecule has 0 aliphatic heterocycles. The largest absolute Gasteiger partial charge is 0.325 e. The summed E-state index contributed by atoms with van der Waals surface area (Å²) in [4.78, 5) is 12.7. The minimum Gasteiger partial charge on any atom is -0.325 e. The fourth-order valence-corrected chi connectivity index (χ4v) is 5.43. The highest BCUT2D eigenvalue weighted by atomic mass is 35.5. The molecular formula is C24H24Cl2N2O3S. The lowest BCUT2D eigenvalue weighted by molar-refractivity contribution is -0.116. The molecule has 0 aromatic heterocycles. The number of nitrogens with zero attached hydrogens (tertiary/aromatic N) is 1. The summed E-state index contributed by atoms with van der Waals surface area (Å²) in [5, 5.41) is 3.11. The molecule has 0 spiro atoms. The van der Waals surface area contributed by atoms with Crippen LogP contribution in [-0.4, -0.2) is 31.7 Å². The van der Waals surface area contributed by atoms with E-state index in [-0.39, 0.29) is 28.0 Å². The molecule has 32 heavy (non-hydrogen) atoms. The fourth-order valence-electron chi connectivity index (χ4n) is 3.30. The minimum absolute atomic E-state index is 0.0499. The van der Waals surface area contributed by atoms with Crippen molar-refractivity contribution in [1.29, 1.82) is 0 Å². The van der Waals surface area contributed by atoms with Gasteiger partial charge in [-0.3, -0.25) is 4.79 Å². The maximum absolute atomic E-state index is 13.4. The minimum atomic E-state index is -4.07. The number of anilines is 1. The highest BCUT2D eigenvalue weighted by Crippen LogP contribution is 2.28. The fraction of sp³-hybridized carbons (Fsp3) is 0.208. The van der Waals surface area contributed by atoms with Crippen LogP contribution in [0.5, 0.6) is 0 Å². The summed E-state index contributed by atoms with van der Waals surface area (Å²) in [7, 11) is -4.07. The van der Waals surface area contributed by atoms with E-state index in [4.69, 9.17) is 23.2 Å². The van der Waals surface area contributed by atoms with Gasteiger partial charge in [-0.05, 0) is 55.7 Å². The molecule has 0 saturated carbocycles. The van der Waals surface area contributed by atoms with E-state index >= 15 is 0 Å². The van der Waals surface area contributed by atoms with E-state index in [2.05, 4.69) is 5.32 Å². The zero-order chi connectivity index (χ0) is 23.3. The van der Waals surface area contributed by atoms with Crippen molar-refractivity contribution in [3.05, 3.63) is 93.5 Å². The number of halogens is 2. The Balaban J connectivity index is 1.87. The second-order valence-electron chi connectivity index (χ2n) is 7.52. The number of carbonyl (C=O) groups is 1. The molecule has 8 heteroatoms. The highest BCUT2D eigenvalue weighted by Gasteiger charge is 2.29. The van der Waals surface area contributed by atoms with Crippen LogP contribution in [0.25, 0.3) is 0 Å². The van der Waals surface area contributed by atoms with E-state index in [1.165, 1.54) is 18.2 Å². The first-order valence-electron chi connectivity index (χ1n) is 10.0. The first-order valence-corrected chi connectivity index (χ1v) is 12.2. The molecule has 3 aromatic rings. The van der Waals surface area contributed by atoms with Crippen LogP contribution in [0.15, 0.2) is 71.6 Å². The second-order valence-corrected chi connectivity index (χ2v) is 10.3. The predicted molar refractivity (Wildman–Crippen MR) is 130 cm³/mol. The predicted octanol–water partition coefficient (Wildman–Crippen LogP) is 5.48. The zero-order valence-corrected chi connectivity index (χ0v) is 20.1. The van der Waals surface area contributed by atoms with E-state index in [9.17, 15) is 13.2 Å². The van der Waals surface area contributed by atoms with Gasteiger partial charge in [-0.25, -0.2) is 8.42 Å². The zero-order valence-electron chi connectivity index (χ0n) is 17.8. The van der Waals surface area contributed by atoms with Crippen LogP contribution in [0.1, 0.15) is 16.7 Å². The van der Waals surface area contributed by atoms with Crippen LogP contribution in [0.3, 0.4) is 0 Å². The summed E-state index contributed by atoms with van der Waals surface area (Å²) in [5.74, 6) is -0.438. The molecule has 0 saturated heterocycles. The van der Waals surface area contributed by atoms with Crippen molar-refractivity contribution in [2.24, 2.45) is 0 Å². The molecule has 0 bridgehead atoms. The number of hydrogen-bond acceptors (Lipinski definition) is 3. The van der Waals surface area contributed by atoms with Gasteiger partial charge in [-0.1, -0.05) is 71.2 Å². The number of nitrogens with one attached hydrogen (secondary N) is 1. The number of hydrogen-bond donors (Lipinski definition) is 1. The molecule has 5 nitrogen and oxygen atoms in total. The molecule has 3 aromatic carbocycles. The SMILES string of the molecule is Cc1ccc(NC(=O)CN(CCc2ccccc2)S(=O)(=O)c2cc(Cl)ccc2Cl)c(C)c1. The number of rotatable bonds is 8. The van der Waals surface area contributed by atoms with Crippen LogP contribution in [-0.2, 0) is 21.2 Å². The van der Waals surface area contributed by atoms with E-state index in [0.717, 1.165) is 21.0 Å². The number of amides is 1. The standard InChI is InChI=1S/C24H24Cl2N2O3S/c1-17-8-11-22(18(2)14-17)27-24(29)16-28(13-12-19-6-4-3-5-7-19)32(30,31)23-15-20(25)9-10-21(23)26/h3-11,14-15H,12-13,16H2,1-2H3,(H,27,29). The summed E-state index contributed by atoms with van der Waals surface area (Å²) >= 11 is 12.2. The van der Waals surface area contributed by atoms with Crippen molar-refractivity contribution >= 4 is 44.8 Å². The third kappa shape index (κ3) is 6.11. The van der Waals surface area contributed by atoms with Crippen molar-refractivity contribution in [3.8, 4) is 0 Å². The smallest absolute Gasteiger partial charge is 0.245 e. The normalized spacial score (nSPS) is 11.5. The molecule has 0 aliphatic rings. The lowest BCUT2D eigenvalue weighted by atomic mass is 10.1. The van der Waals surface area contributed by atoms with Crippen molar-refractivity contribution in [3.63, 3.8) is 0 Å². The van der Waals surface area contributed by atoms with Crippen molar-refractivity contribution in [2.75, 3.05) is 18.4 Å². The van der Waals surface area contributed by atoms with Gasteiger partial charge in [0.1, 0.15) is 4.90 Å². The molecule has 168 valence electrons. The average molecular weight is 491 g/mol. The lowest BCUT2D eigenvalue weighted by Gasteiger charge is -2.23. The highest BCUT2D eigenvalue weighted by molar-refractivity contribution is 7.89. The molecule has 0 radical (unpaired) electrons. The Labute approximate surface area is 199 Å². The van der Waals surface area contributed by atoms with Crippen LogP contribution >= 0.6 is 23.2 Å². The van der Waals surface area contributed by atoms with E-state index in [1.807, 2.05) is 56.3 Å². The third-order valence-electron chi connectivity index (χ3n) is 4.98. The van der Waals surface area contributed by atoms with Gasteiger partial charge in [-0.2, -0.15) is 4.31 Å². The van der Waals surface area contributed by atoms with Crippen molar-refractivity contribution < 1.29 is 13.2 Å². The van der Waals surface area contributed by atoms with Crippen LogP contribution in [0.2, 0.25) is 10.0 Å². The molecule has 3 rings (SSSR count). The second kappa shape index (κ2) is 10.5. The Kier molecular flexibility index (Phi) is 7.96. The molecule has 0 atom stereocenters. The van der Waals surface area contributed by atoms with E-state index < -0.39 is 15.9 Å². The van der Waals surface area contributed by atoms with Crippen LogP contribution in [0, 0.1) is 13.8 Å². The molecule has 0 unspecified atom stereocenters. The molecule has 0 heterocycles. The summed E-state index contributed by atoms with van der Waals surface area (Å²) in [6.45, 7) is 3.60. The molecular weight excluding hydrogens is 467 g/mol. The number of sulfonamides is 1. The number of benzene rings is 3. The van der Waals surface area contributed by atoms with Gasteiger partial charge in [0.25, 0.3) is 0 Å². The first-order chi connectivity index (χ1) is 15.2. The summed E-state index contributed by atoms with van der Waals surface area (Å²) in [6.07, 6.45) is 0.440. The first kappa shape index (κ1) is 24.3. The van der Waals surface area contributed by atoms with Crippen molar-refractivity contribution in [1.82, 2.24) is 4.31 Å². The van der Waals surface area contributed by atoms with Crippen LogP contribution < -0.4 is 5.32 Å². The van der Waals surface area contributed by atoms with Gasteiger partial charge < -0.3 is 5.32 Å². The molecule has 0 fully saturated rings. The molecule has 1 amide bonds. The van der Waals surface area contributed by atoms with Gasteiger partial charge in [0.05, 0.1) is 11.6 Å². The van der Waals surface area contributed by atoms with Crippen LogP contribution in [0.4, 0.5) is 5.69 Å². The summed E-state index contributed by atoms with van der Waals surface area (Å²) < 4.78 is 28.0. The van der Waals surface area contributed by atoms with Crippen molar-refractivity contribution in [2.45, 2.75) is 25.2 Å². The number of aryl methyl sites for hydroxylation is 2.